The number of rotatable bonds is 10. The summed E-state index contributed by atoms with van der Waals surface area (Å²) in [6.07, 6.45) is 3.38. The monoisotopic (exact) mass is 360 g/mol. The van der Waals surface area contributed by atoms with E-state index in [-0.39, 0.29) is 30.9 Å². The van der Waals surface area contributed by atoms with Crippen LogP contribution in [0.15, 0.2) is 30.3 Å². The lowest BCUT2D eigenvalue weighted by Gasteiger charge is -2.26. The molecule has 0 radical (unpaired) electrons. The van der Waals surface area contributed by atoms with Crippen molar-refractivity contribution < 1.29 is 9.59 Å². The number of benzene rings is 1. The molecule has 6 nitrogen and oxygen atoms in total. The quantitative estimate of drug-likeness (QED) is 0.662. The van der Waals surface area contributed by atoms with Crippen molar-refractivity contribution in [2.45, 2.75) is 32.2 Å². The summed E-state index contributed by atoms with van der Waals surface area (Å²) in [5.41, 5.74) is 1.19. The van der Waals surface area contributed by atoms with Crippen LogP contribution in [0.25, 0.3) is 0 Å². The Hall–Kier alpha value is -1.92. The second kappa shape index (κ2) is 10.9. The van der Waals surface area contributed by atoms with Gasteiger partial charge < -0.3 is 20.4 Å². The van der Waals surface area contributed by atoms with Crippen LogP contribution in [0.3, 0.4) is 0 Å². The molecule has 1 aromatic carbocycles. The smallest absolute Gasteiger partial charge is 0.239 e. The van der Waals surface area contributed by atoms with E-state index in [2.05, 4.69) is 27.7 Å². The van der Waals surface area contributed by atoms with Gasteiger partial charge >= 0.3 is 0 Å². The second-order valence-electron chi connectivity index (χ2n) is 6.95. The Labute approximate surface area is 156 Å². The highest BCUT2D eigenvalue weighted by Crippen LogP contribution is 2.17. The Morgan fingerprint density at radius 1 is 1.19 bits per heavy atom. The highest BCUT2D eigenvalue weighted by molar-refractivity contribution is 5.85. The topological polar surface area (TPSA) is 64.7 Å². The zero-order valence-electron chi connectivity index (χ0n) is 16.0. The van der Waals surface area contributed by atoms with Gasteiger partial charge in [-0.15, -0.1) is 0 Å². The zero-order chi connectivity index (χ0) is 18.8. The average molecular weight is 361 g/mol. The largest absolute Gasteiger partial charge is 0.355 e. The fourth-order valence-corrected chi connectivity index (χ4v) is 3.17. The molecule has 2 N–H and O–H groups in total. The van der Waals surface area contributed by atoms with Crippen molar-refractivity contribution in [1.29, 1.82) is 0 Å². The van der Waals surface area contributed by atoms with Gasteiger partial charge in [-0.3, -0.25) is 9.59 Å². The van der Waals surface area contributed by atoms with Gasteiger partial charge in [0.1, 0.15) is 0 Å². The van der Waals surface area contributed by atoms with Crippen LogP contribution in [-0.4, -0.2) is 67.9 Å². The van der Waals surface area contributed by atoms with E-state index in [0.717, 1.165) is 26.1 Å². The molecule has 1 aliphatic heterocycles. The molecule has 1 aromatic rings. The number of nitrogens with one attached hydrogen (secondary N) is 2. The fourth-order valence-electron chi connectivity index (χ4n) is 3.17. The number of nitrogens with zero attached hydrogens (tertiary/aromatic N) is 2. The summed E-state index contributed by atoms with van der Waals surface area (Å²) in [6.45, 7) is 6.12. The van der Waals surface area contributed by atoms with Crippen LogP contribution < -0.4 is 10.6 Å². The van der Waals surface area contributed by atoms with Crippen LogP contribution in [0, 0.1) is 0 Å². The van der Waals surface area contributed by atoms with E-state index in [9.17, 15) is 9.59 Å². The molecule has 144 valence electrons. The molecule has 1 unspecified atom stereocenters. The summed E-state index contributed by atoms with van der Waals surface area (Å²) in [5, 5.41) is 6.19. The number of likely N-dealkylation sites (tertiary alicyclic amines) is 1. The van der Waals surface area contributed by atoms with Crippen LogP contribution in [0.2, 0.25) is 0 Å². The van der Waals surface area contributed by atoms with Crippen molar-refractivity contribution >= 4 is 11.8 Å². The van der Waals surface area contributed by atoms with Crippen LogP contribution in [0.4, 0.5) is 0 Å². The fraction of sp³-hybridized carbons (Fsp3) is 0.600. The molecule has 26 heavy (non-hydrogen) atoms. The Kier molecular flexibility index (Phi) is 8.58. The Morgan fingerprint density at radius 2 is 1.88 bits per heavy atom. The van der Waals surface area contributed by atoms with Gasteiger partial charge in [0.2, 0.25) is 11.8 Å². The lowest BCUT2D eigenvalue weighted by atomic mass is 10.1. The standard InChI is InChI=1S/C20H32N4O2/c1-3-11-21-19(25)16-23(2)20(26)14-22-18(15-24-12-7-8-13-24)17-9-5-4-6-10-17/h4-6,9-10,18,22H,3,7-8,11-16H2,1-2H3,(H,21,25). The SMILES string of the molecule is CCCNC(=O)CN(C)C(=O)CNC(CN1CCCC1)c1ccccc1. The Balaban J connectivity index is 1.86. The molecule has 0 aromatic heterocycles. The molecule has 1 atom stereocenters. The minimum Gasteiger partial charge on any atom is -0.355 e. The molecule has 0 spiro atoms. The summed E-state index contributed by atoms with van der Waals surface area (Å²) < 4.78 is 0. The lowest BCUT2D eigenvalue weighted by Crippen LogP contribution is -2.44. The molecule has 1 aliphatic rings. The van der Waals surface area contributed by atoms with Crippen molar-refractivity contribution in [2.75, 3.05) is 46.3 Å². The van der Waals surface area contributed by atoms with Crippen molar-refractivity contribution in [3.05, 3.63) is 35.9 Å². The predicted octanol–water partition coefficient (Wildman–Crippen LogP) is 1.40. The minimum atomic E-state index is -0.112. The number of carbonyl (C=O) groups is 2. The van der Waals surface area contributed by atoms with E-state index in [4.69, 9.17) is 0 Å². The Morgan fingerprint density at radius 3 is 2.54 bits per heavy atom. The van der Waals surface area contributed by atoms with E-state index < -0.39 is 0 Å². The molecule has 0 bridgehead atoms. The van der Waals surface area contributed by atoms with Crippen molar-refractivity contribution in [3.63, 3.8) is 0 Å². The van der Waals surface area contributed by atoms with Gasteiger partial charge in [0.05, 0.1) is 13.1 Å². The number of hydrogen-bond acceptors (Lipinski definition) is 4. The van der Waals surface area contributed by atoms with E-state index in [0.29, 0.717) is 6.54 Å². The highest BCUT2D eigenvalue weighted by Gasteiger charge is 2.20. The summed E-state index contributed by atoms with van der Waals surface area (Å²) in [7, 11) is 1.67. The third kappa shape index (κ3) is 6.77. The van der Waals surface area contributed by atoms with Gasteiger partial charge in [-0.25, -0.2) is 0 Å². The van der Waals surface area contributed by atoms with Crippen molar-refractivity contribution in [3.8, 4) is 0 Å². The van der Waals surface area contributed by atoms with Gasteiger partial charge in [0, 0.05) is 26.2 Å². The third-order valence-corrected chi connectivity index (χ3v) is 4.72. The molecule has 6 heteroatoms. The highest BCUT2D eigenvalue weighted by atomic mass is 16.2. The van der Waals surface area contributed by atoms with Crippen molar-refractivity contribution in [1.82, 2.24) is 20.4 Å². The summed E-state index contributed by atoms with van der Waals surface area (Å²) >= 11 is 0. The maximum atomic E-state index is 12.4. The zero-order valence-corrected chi connectivity index (χ0v) is 16.0. The molecular weight excluding hydrogens is 328 g/mol. The summed E-state index contributed by atoms with van der Waals surface area (Å²) in [5.74, 6) is -0.182. The Bertz CT molecular complexity index is 558. The van der Waals surface area contributed by atoms with E-state index >= 15 is 0 Å². The van der Waals surface area contributed by atoms with E-state index in [1.165, 1.54) is 23.3 Å². The van der Waals surface area contributed by atoms with Crippen molar-refractivity contribution in [2.24, 2.45) is 0 Å². The maximum Gasteiger partial charge on any atom is 0.239 e. The van der Waals surface area contributed by atoms with Gasteiger partial charge in [-0.2, -0.15) is 0 Å². The molecule has 1 heterocycles. The number of amides is 2. The van der Waals surface area contributed by atoms with Crippen LogP contribution in [0.5, 0.6) is 0 Å². The molecule has 1 saturated heterocycles. The number of hydrogen-bond donors (Lipinski definition) is 2. The average Bonchev–Trinajstić information content (AvgIpc) is 3.17. The molecule has 0 aliphatic carbocycles. The first-order valence-corrected chi connectivity index (χ1v) is 9.61. The van der Waals surface area contributed by atoms with Crippen LogP contribution in [-0.2, 0) is 9.59 Å². The molecule has 1 fully saturated rings. The number of likely N-dealkylation sites (N-methyl/N-ethyl adjacent to an activating group) is 1. The minimum absolute atomic E-state index is 0.0704. The number of carbonyl (C=O) groups excluding carboxylic acids is 2. The van der Waals surface area contributed by atoms with Gasteiger partial charge in [-0.1, -0.05) is 37.3 Å². The van der Waals surface area contributed by atoms with E-state index in [1.54, 1.807) is 7.05 Å². The van der Waals surface area contributed by atoms with Gasteiger partial charge in [-0.05, 0) is 37.9 Å². The van der Waals surface area contributed by atoms with Gasteiger partial charge in [0.15, 0.2) is 0 Å². The van der Waals surface area contributed by atoms with Crippen LogP contribution >= 0.6 is 0 Å². The first-order chi connectivity index (χ1) is 12.6. The first-order valence-electron chi connectivity index (χ1n) is 9.61. The normalized spacial score (nSPS) is 15.6. The van der Waals surface area contributed by atoms with Crippen LogP contribution in [0.1, 0.15) is 37.8 Å². The molecule has 0 saturated carbocycles. The summed E-state index contributed by atoms with van der Waals surface area (Å²) in [4.78, 5) is 28.1. The second-order valence-corrected chi connectivity index (χ2v) is 6.95. The lowest BCUT2D eigenvalue weighted by molar-refractivity contribution is -0.134. The first kappa shape index (κ1) is 20.4. The van der Waals surface area contributed by atoms with E-state index in [1.807, 2.05) is 25.1 Å². The maximum absolute atomic E-state index is 12.4. The van der Waals surface area contributed by atoms with Gasteiger partial charge in [0.25, 0.3) is 0 Å². The summed E-state index contributed by atoms with van der Waals surface area (Å²) in [6, 6.07) is 10.4. The third-order valence-electron chi connectivity index (χ3n) is 4.72. The predicted molar refractivity (Wildman–Crippen MR) is 104 cm³/mol. The molecule has 2 rings (SSSR count). The molecule has 2 amide bonds. The molecular formula is C20H32N4O2.